The van der Waals surface area contributed by atoms with Gasteiger partial charge in [0.1, 0.15) is 10.6 Å². The zero-order valence-electron chi connectivity index (χ0n) is 16.2. The fourth-order valence-corrected chi connectivity index (χ4v) is 4.02. The number of ether oxygens (including phenoxy) is 1. The Balaban J connectivity index is 1.89. The highest BCUT2D eigenvalue weighted by atomic mass is 32.1. The Morgan fingerprint density at radius 3 is 2.53 bits per heavy atom. The Labute approximate surface area is 176 Å². The van der Waals surface area contributed by atoms with E-state index >= 15 is 0 Å². The zero-order valence-corrected chi connectivity index (χ0v) is 17.1. The number of amides is 1. The Bertz CT molecular complexity index is 1140. The number of nitrogens with one attached hydrogen (secondary N) is 1. The number of carbonyl (C=O) groups is 2. The van der Waals surface area contributed by atoms with Crippen LogP contribution >= 0.6 is 11.3 Å². The lowest BCUT2D eigenvalue weighted by atomic mass is 10.0. The highest BCUT2D eigenvalue weighted by Crippen LogP contribution is 2.40. The standard InChI is InChI=1S/C22H18N2O5S/c1-14-19(16-8-4-3-5-9-16)20(22(26)29-2)21(30-14)23-18(25)12-11-15-7-6-10-17(13-15)24(27)28/h3-13H,1-2H3,(H,23,25). The van der Waals surface area contributed by atoms with Crippen LogP contribution in [0.15, 0.2) is 60.7 Å². The van der Waals surface area contributed by atoms with Gasteiger partial charge in [-0.3, -0.25) is 14.9 Å². The number of benzene rings is 2. The van der Waals surface area contributed by atoms with E-state index in [1.807, 2.05) is 37.3 Å². The largest absolute Gasteiger partial charge is 0.465 e. The molecule has 0 spiro atoms. The van der Waals surface area contributed by atoms with E-state index in [0.717, 1.165) is 10.4 Å². The molecule has 0 aliphatic carbocycles. The Kier molecular flexibility index (Phi) is 6.38. The van der Waals surface area contributed by atoms with Crippen LogP contribution in [0.4, 0.5) is 10.7 Å². The van der Waals surface area contributed by atoms with Crippen LogP contribution in [0.3, 0.4) is 0 Å². The Morgan fingerprint density at radius 2 is 1.87 bits per heavy atom. The zero-order chi connectivity index (χ0) is 21.7. The van der Waals surface area contributed by atoms with E-state index in [4.69, 9.17) is 4.74 Å². The molecule has 0 fully saturated rings. The molecule has 1 amide bonds. The van der Waals surface area contributed by atoms with Crippen LogP contribution in [-0.2, 0) is 9.53 Å². The van der Waals surface area contributed by atoms with Crippen LogP contribution in [0.25, 0.3) is 17.2 Å². The third-order valence-electron chi connectivity index (χ3n) is 4.28. The maximum absolute atomic E-state index is 12.5. The number of nitrogens with zero attached hydrogens (tertiary/aromatic N) is 1. The molecule has 7 nitrogen and oxygen atoms in total. The van der Waals surface area contributed by atoms with Crippen molar-refractivity contribution in [3.8, 4) is 11.1 Å². The summed E-state index contributed by atoms with van der Waals surface area (Å²) in [5.41, 5.74) is 2.31. The molecule has 0 aliphatic rings. The van der Waals surface area contributed by atoms with Crippen molar-refractivity contribution in [2.45, 2.75) is 6.92 Å². The number of nitro benzene ring substituents is 1. The normalized spacial score (nSPS) is 10.7. The number of esters is 1. The maximum atomic E-state index is 12.5. The third kappa shape index (κ3) is 4.61. The van der Waals surface area contributed by atoms with Crippen LogP contribution < -0.4 is 5.32 Å². The number of thiophene rings is 1. The van der Waals surface area contributed by atoms with E-state index in [0.29, 0.717) is 21.7 Å². The lowest BCUT2D eigenvalue weighted by molar-refractivity contribution is -0.384. The van der Waals surface area contributed by atoms with Gasteiger partial charge in [0, 0.05) is 28.6 Å². The van der Waals surface area contributed by atoms with Crippen molar-refractivity contribution in [2.24, 2.45) is 0 Å². The minimum Gasteiger partial charge on any atom is -0.465 e. The molecular formula is C22H18N2O5S. The summed E-state index contributed by atoms with van der Waals surface area (Å²) in [6.45, 7) is 1.87. The minimum atomic E-state index is -0.545. The molecule has 1 heterocycles. The third-order valence-corrected chi connectivity index (χ3v) is 5.30. The molecular weight excluding hydrogens is 404 g/mol. The summed E-state index contributed by atoms with van der Waals surface area (Å²) in [6, 6.07) is 15.3. The van der Waals surface area contributed by atoms with Gasteiger partial charge in [-0.05, 0) is 24.1 Å². The Hall–Kier alpha value is -3.78. The smallest absolute Gasteiger partial charge is 0.341 e. The molecule has 3 aromatic rings. The summed E-state index contributed by atoms with van der Waals surface area (Å²) in [5.74, 6) is -1.01. The van der Waals surface area contributed by atoms with Crippen molar-refractivity contribution in [1.82, 2.24) is 0 Å². The van der Waals surface area contributed by atoms with Crippen LogP contribution in [0, 0.1) is 17.0 Å². The number of aryl methyl sites for hydroxylation is 1. The van der Waals surface area contributed by atoms with E-state index in [1.54, 1.807) is 12.1 Å². The summed E-state index contributed by atoms with van der Waals surface area (Å²) in [4.78, 5) is 36.1. The number of hydrogen-bond donors (Lipinski definition) is 1. The summed E-state index contributed by atoms with van der Waals surface area (Å²) in [7, 11) is 1.29. The van der Waals surface area contributed by atoms with Gasteiger partial charge in [-0.15, -0.1) is 11.3 Å². The van der Waals surface area contributed by atoms with Gasteiger partial charge >= 0.3 is 5.97 Å². The van der Waals surface area contributed by atoms with Crippen molar-refractivity contribution < 1.29 is 19.2 Å². The molecule has 8 heteroatoms. The van der Waals surface area contributed by atoms with Crippen molar-refractivity contribution >= 4 is 40.0 Å². The summed E-state index contributed by atoms with van der Waals surface area (Å²) in [5, 5.41) is 14.0. The Morgan fingerprint density at radius 1 is 1.13 bits per heavy atom. The molecule has 0 aliphatic heterocycles. The number of non-ortho nitro benzene ring substituents is 1. The number of methoxy groups -OCH3 is 1. The first-order valence-electron chi connectivity index (χ1n) is 8.91. The molecule has 30 heavy (non-hydrogen) atoms. The maximum Gasteiger partial charge on any atom is 0.341 e. The molecule has 0 atom stereocenters. The molecule has 1 aromatic heterocycles. The van der Waals surface area contributed by atoms with Crippen molar-refractivity contribution in [1.29, 1.82) is 0 Å². The first kappa shape index (κ1) is 20.9. The second-order valence-electron chi connectivity index (χ2n) is 6.27. The number of rotatable bonds is 6. The van der Waals surface area contributed by atoms with Crippen LogP contribution in [0.2, 0.25) is 0 Å². The first-order chi connectivity index (χ1) is 14.4. The van der Waals surface area contributed by atoms with Crippen LogP contribution in [-0.4, -0.2) is 23.9 Å². The second-order valence-corrected chi connectivity index (χ2v) is 7.49. The fraction of sp³-hybridized carbons (Fsp3) is 0.0909. The topological polar surface area (TPSA) is 98.5 Å². The minimum absolute atomic E-state index is 0.0630. The molecule has 0 unspecified atom stereocenters. The van der Waals surface area contributed by atoms with Gasteiger partial charge in [-0.2, -0.15) is 0 Å². The average molecular weight is 422 g/mol. The lowest BCUT2D eigenvalue weighted by Gasteiger charge is -2.07. The van der Waals surface area contributed by atoms with E-state index in [9.17, 15) is 19.7 Å². The van der Waals surface area contributed by atoms with Gasteiger partial charge in [0.25, 0.3) is 5.69 Å². The van der Waals surface area contributed by atoms with E-state index < -0.39 is 16.8 Å². The SMILES string of the molecule is COC(=O)c1c(NC(=O)C=Cc2cccc([N+](=O)[O-])c2)sc(C)c1-c1ccccc1. The summed E-state index contributed by atoms with van der Waals surface area (Å²) in [6.07, 6.45) is 2.73. The van der Waals surface area contributed by atoms with Gasteiger partial charge in [0.05, 0.1) is 12.0 Å². The quantitative estimate of drug-likeness (QED) is 0.259. The number of anilines is 1. The van der Waals surface area contributed by atoms with Gasteiger partial charge in [-0.1, -0.05) is 42.5 Å². The molecule has 0 saturated heterocycles. The fourth-order valence-electron chi connectivity index (χ4n) is 2.95. The van der Waals surface area contributed by atoms with Crippen molar-refractivity contribution in [3.05, 3.63) is 86.8 Å². The molecule has 0 radical (unpaired) electrons. The molecule has 2 aromatic carbocycles. The van der Waals surface area contributed by atoms with E-state index in [2.05, 4.69) is 5.32 Å². The highest BCUT2D eigenvalue weighted by molar-refractivity contribution is 7.17. The van der Waals surface area contributed by atoms with Crippen LogP contribution in [0.5, 0.6) is 0 Å². The van der Waals surface area contributed by atoms with Gasteiger partial charge in [-0.25, -0.2) is 4.79 Å². The predicted octanol–water partition coefficient (Wildman–Crippen LogP) is 5.07. The molecule has 3 rings (SSSR count). The molecule has 0 bridgehead atoms. The van der Waals surface area contributed by atoms with Gasteiger partial charge < -0.3 is 10.1 Å². The van der Waals surface area contributed by atoms with Crippen LogP contribution in [0.1, 0.15) is 20.8 Å². The highest BCUT2D eigenvalue weighted by Gasteiger charge is 2.24. The molecule has 0 saturated carbocycles. The molecule has 152 valence electrons. The first-order valence-corrected chi connectivity index (χ1v) is 9.73. The van der Waals surface area contributed by atoms with Gasteiger partial charge in [0.15, 0.2) is 0 Å². The number of nitro groups is 1. The van der Waals surface area contributed by atoms with Gasteiger partial charge in [0.2, 0.25) is 5.91 Å². The number of hydrogen-bond acceptors (Lipinski definition) is 6. The summed E-state index contributed by atoms with van der Waals surface area (Å²) < 4.78 is 4.93. The average Bonchev–Trinajstić information content (AvgIpc) is 3.07. The lowest BCUT2D eigenvalue weighted by Crippen LogP contribution is -2.11. The van der Waals surface area contributed by atoms with Crippen molar-refractivity contribution in [2.75, 3.05) is 12.4 Å². The monoisotopic (exact) mass is 422 g/mol. The summed E-state index contributed by atoms with van der Waals surface area (Å²) >= 11 is 1.28. The molecule has 1 N–H and O–H groups in total. The predicted molar refractivity (Wildman–Crippen MR) is 117 cm³/mol. The van der Waals surface area contributed by atoms with E-state index in [1.165, 1.54) is 42.7 Å². The van der Waals surface area contributed by atoms with Crippen molar-refractivity contribution in [3.63, 3.8) is 0 Å². The second kappa shape index (κ2) is 9.15. The van der Waals surface area contributed by atoms with E-state index in [-0.39, 0.29) is 5.69 Å². The number of carbonyl (C=O) groups excluding carboxylic acids is 2.